The summed E-state index contributed by atoms with van der Waals surface area (Å²) in [5.74, 6) is 3.20. The Morgan fingerprint density at radius 3 is 2.42 bits per heavy atom. The summed E-state index contributed by atoms with van der Waals surface area (Å²) in [6, 6.07) is 3.08. The molecule has 1 N–H and O–H groups in total. The van der Waals surface area contributed by atoms with Gasteiger partial charge in [-0.3, -0.25) is 0 Å². The van der Waals surface area contributed by atoms with Gasteiger partial charge in [-0.1, -0.05) is 0 Å². The lowest BCUT2D eigenvalue weighted by Gasteiger charge is -2.60. The van der Waals surface area contributed by atoms with Crippen LogP contribution in [0.25, 0.3) is 0 Å². The second-order valence-electron chi connectivity index (χ2n) is 7.73. The summed E-state index contributed by atoms with van der Waals surface area (Å²) >= 11 is 2.02. The molecule has 1 nitrogen and oxygen atoms in total. The smallest absolute Gasteiger partial charge is 0.0475 e. The molecule has 4 fully saturated rings. The summed E-state index contributed by atoms with van der Waals surface area (Å²) in [6.07, 6.45) is 10.5. The maximum atomic E-state index is 3.93. The molecule has 0 amide bonds. The lowest BCUT2D eigenvalue weighted by atomic mass is 9.47. The Hall–Kier alpha value is -0.340. The largest absolute Gasteiger partial charge is 0.308 e. The van der Waals surface area contributed by atoms with E-state index in [2.05, 4.69) is 16.8 Å². The zero-order chi connectivity index (χ0) is 12.4. The highest BCUT2D eigenvalue weighted by atomic mass is 32.1. The zero-order valence-electron chi connectivity index (χ0n) is 11.5. The van der Waals surface area contributed by atoms with Crippen molar-refractivity contribution < 1.29 is 0 Å². The maximum Gasteiger partial charge on any atom is 0.0475 e. The number of nitrogens with one attached hydrogen (secondary N) is 1. The molecular formula is C17H23NS. The Labute approximate surface area is 119 Å². The fourth-order valence-corrected chi connectivity index (χ4v) is 7.45. The molecule has 0 saturated heterocycles. The van der Waals surface area contributed by atoms with E-state index in [0.717, 1.165) is 17.8 Å². The minimum atomic E-state index is 0.634. The SMILES string of the molecule is c1cc2c(s1)C(C13CC4CC(CC(C4)C1)C3)NCC2. The molecular weight excluding hydrogens is 250 g/mol. The van der Waals surface area contributed by atoms with E-state index in [1.54, 1.807) is 29.7 Å². The van der Waals surface area contributed by atoms with Gasteiger partial charge in [0.1, 0.15) is 0 Å². The first-order valence-corrected chi connectivity index (χ1v) is 9.00. The molecule has 1 atom stereocenters. The molecule has 2 heteroatoms. The zero-order valence-corrected chi connectivity index (χ0v) is 12.3. The molecule has 0 spiro atoms. The fraction of sp³-hybridized carbons (Fsp3) is 0.765. The van der Waals surface area contributed by atoms with Crippen molar-refractivity contribution >= 4 is 11.3 Å². The van der Waals surface area contributed by atoms with Gasteiger partial charge in [-0.05, 0) is 91.7 Å². The van der Waals surface area contributed by atoms with Crippen molar-refractivity contribution in [3.8, 4) is 0 Å². The quantitative estimate of drug-likeness (QED) is 0.810. The monoisotopic (exact) mass is 273 g/mol. The van der Waals surface area contributed by atoms with Crippen LogP contribution in [0.2, 0.25) is 0 Å². The van der Waals surface area contributed by atoms with Gasteiger partial charge < -0.3 is 5.32 Å². The van der Waals surface area contributed by atoms with Crippen LogP contribution in [0.5, 0.6) is 0 Å². The summed E-state index contributed by atoms with van der Waals surface area (Å²) in [4.78, 5) is 1.70. The van der Waals surface area contributed by atoms with Crippen LogP contribution in [0.3, 0.4) is 0 Å². The summed E-state index contributed by atoms with van der Waals surface area (Å²) in [5.41, 5.74) is 2.29. The Morgan fingerprint density at radius 1 is 1.05 bits per heavy atom. The standard InChI is InChI=1S/C17H23NS/c1-3-18-16(15-14(1)2-4-19-15)17-8-11-5-12(9-17)7-13(6-11)10-17/h2,4,11-13,16,18H,1,3,5-10H2. The highest BCUT2D eigenvalue weighted by molar-refractivity contribution is 7.10. The third kappa shape index (κ3) is 1.56. The van der Waals surface area contributed by atoms with E-state index in [0.29, 0.717) is 11.5 Å². The third-order valence-electron chi connectivity index (χ3n) is 6.48. The first-order valence-electron chi connectivity index (χ1n) is 8.12. The van der Waals surface area contributed by atoms with Gasteiger partial charge in [0.15, 0.2) is 0 Å². The van der Waals surface area contributed by atoms with Gasteiger partial charge in [0.2, 0.25) is 0 Å². The number of rotatable bonds is 1. The predicted octanol–water partition coefficient (Wildman–Crippen LogP) is 4.15. The average Bonchev–Trinajstić information content (AvgIpc) is 2.84. The lowest BCUT2D eigenvalue weighted by Crippen LogP contribution is -2.53. The molecule has 1 aromatic rings. The second kappa shape index (κ2) is 3.85. The van der Waals surface area contributed by atoms with E-state index in [4.69, 9.17) is 0 Å². The van der Waals surface area contributed by atoms with Gasteiger partial charge in [0.25, 0.3) is 0 Å². The molecule has 0 radical (unpaired) electrons. The first kappa shape index (κ1) is 11.3. The normalized spacial score (nSPS) is 47.4. The van der Waals surface area contributed by atoms with Gasteiger partial charge >= 0.3 is 0 Å². The predicted molar refractivity (Wildman–Crippen MR) is 79.4 cm³/mol. The van der Waals surface area contributed by atoms with Crippen LogP contribution in [0.4, 0.5) is 0 Å². The molecule has 102 valence electrons. The van der Waals surface area contributed by atoms with Crippen LogP contribution in [-0.2, 0) is 6.42 Å². The molecule has 1 aromatic heterocycles. The number of hydrogen-bond acceptors (Lipinski definition) is 2. The molecule has 4 aliphatic carbocycles. The lowest BCUT2D eigenvalue weighted by molar-refractivity contribution is -0.0751. The molecule has 0 aromatic carbocycles. The number of thiophene rings is 1. The second-order valence-corrected chi connectivity index (χ2v) is 8.67. The number of hydrogen-bond donors (Lipinski definition) is 1. The van der Waals surface area contributed by atoms with Crippen molar-refractivity contribution in [3.05, 3.63) is 21.9 Å². The van der Waals surface area contributed by atoms with Gasteiger partial charge in [-0.25, -0.2) is 0 Å². The van der Waals surface area contributed by atoms with Crippen molar-refractivity contribution in [3.63, 3.8) is 0 Å². The summed E-state index contributed by atoms with van der Waals surface area (Å²) in [6.45, 7) is 1.20. The molecule has 6 rings (SSSR count). The highest BCUT2D eigenvalue weighted by Gasteiger charge is 2.55. The van der Waals surface area contributed by atoms with Crippen molar-refractivity contribution in [2.75, 3.05) is 6.54 Å². The summed E-state index contributed by atoms with van der Waals surface area (Å²) < 4.78 is 0. The van der Waals surface area contributed by atoms with E-state index in [-0.39, 0.29) is 0 Å². The van der Waals surface area contributed by atoms with E-state index >= 15 is 0 Å². The van der Waals surface area contributed by atoms with Gasteiger partial charge in [0.05, 0.1) is 0 Å². The van der Waals surface area contributed by atoms with Crippen LogP contribution in [0.1, 0.15) is 55.0 Å². The van der Waals surface area contributed by atoms with Crippen molar-refractivity contribution in [2.45, 2.75) is 51.0 Å². The van der Waals surface area contributed by atoms with E-state index in [9.17, 15) is 0 Å². The van der Waals surface area contributed by atoms with E-state index in [1.165, 1.54) is 32.2 Å². The average molecular weight is 273 g/mol. The Bertz CT molecular complexity index is 468. The first-order chi connectivity index (χ1) is 9.32. The summed E-state index contributed by atoms with van der Waals surface area (Å²) in [7, 11) is 0. The van der Waals surface area contributed by atoms with E-state index < -0.39 is 0 Å². The molecule has 2 heterocycles. The van der Waals surface area contributed by atoms with Crippen molar-refractivity contribution in [2.24, 2.45) is 23.2 Å². The van der Waals surface area contributed by atoms with E-state index in [1.807, 2.05) is 11.3 Å². The van der Waals surface area contributed by atoms with Crippen LogP contribution >= 0.6 is 11.3 Å². The number of fused-ring (bicyclic) bond motifs is 1. The maximum absolute atomic E-state index is 3.93. The van der Waals surface area contributed by atoms with Crippen LogP contribution in [0.15, 0.2) is 11.4 Å². The van der Waals surface area contributed by atoms with Crippen LogP contribution in [-0.4, -0.2) is 6.54 Å². The van der Waals surface area contributed by atoms with Gasteiger partial charge in [-0.2, -0.15) is 0 Å². The highest BCUT2D eigenvalue weighted by Crippen LogP contribution is 2.64. The topological polar surface area (TPSA) is 12.0 Å². The third-order valence-corrected chi connectivity index (χ3v) is 7.51. The Kier molecular flexibility index (Phi) is 2.30. The molecule has 1 aliphatic heterocycles. The fourth-order valence-electron chi connectivity index (χ4n) is 6.28. The molecule has 5 aliphatic rings. The van der Waals surface area contributed by atoms with Crippen LogP contribution in [0, 0.1) is 23.2 Å². The minimum Gasteiger partial charge on any atom is -0.308 e. The van der Waals surface area contributed by atoms with Gasteiger partial charge in [-0.15, -0.1) is 11.3 Å². The van der Waals surface area contributed by atoms with Crippen molar-refractivity contribution in [1.82, 2.24) is 5.32 Å². The van der Waals surface area contributed by atoms with Gasteiger partial charge in [0, 0.05) is 10.9 Å². The molecule has 1 unspecified atom stereocenters. The Balaban J connectivity index is 1.57. The molecule has 19 heavy (non-hydrogen) atoms. The van der Waals surface area contributed by atoms with Crippen LogP contribution < -0.4 is 5.32 Å². The molecule has 4 saturated carbocycles. The Morgan fingerprint density at radius 2 is 1.74 bits per heavy atom. The van der Waals surface area contributed by atoms with Crippen molar-refractivity contribution in [1.29, 1.82) is 0 Å². The minimum absolute atomic E-state index is 0.634. The molecule has 4 bridgehead atoms. The summed E-state index contributed by atoms with van der Waals surface area (Å²) in [5, 5.41) is 6.25.